The molecule has 0 aliphatic heterocycles. The summed E-state index contributed by atoms with van der Waals surface area (Å²) in [5.41, 5.74) is 13.3. The summed E-state index contributed by atoms with van der Waals surface area (Å²) in [4.78, 5) is 7.25. The maximum Gasteiger partial charge on any atom is 4.00 e. The van der Waals surface area contributed by atoms with Gasteiger partial charge in [0.05, 0.1) is 0 Å². The van der Waals surface area contributed by atoms with Gasteiger partial charge in [-0.3, -0.25) is 0 Å². The fraction of sp³-hybridized carbons (Fsp3) is 0. The summed E-state index contributed by atoms with van der Waals surface area (Å²) >= 11 is 0. The average molecular weight is 208 g/mol. The van der Waals surface area contributed by atoms with Crippen molar-refractivity contribution in [2.45, 2.75) is 0 Å². The Bertz CT molecular complexity index is 158. The van der Waals surface area contributed by atoms with Crippen LogP contribution in [0.3, 0.4) is 0 Å². The summed E-state index contributed by atoms with van der Waals surface area (Å²) in [5, 5.41) is 0. The van der Waals surface area contributed by atoms with Gasteiger partial charge in [-0.15, -0.1) is 5.69 Å². The molecule has 4 heteroatoms. The van der Waals surface area contributed by atoms with Crippen molar-refractivity contribution in [2.24, 2.45) is 0 Å². The molecule has 0 fully saturated rings. The number of benzene rings is 1. The molecule has 12 heavy (non-hydrogen) atoms. The van der Waals surface area contributed by atoms with E-state index in [1.807, 2.05) is 18.2 Å². The van der Waals surface area contributed by atoms with Gasteiger partial charge >= 0.3 is 17.1 Å². The molecule has 1 aromatic carbocycles. The van der Waals surface area contributed by atoms with Gasteiger partial charge in [-0.1, -0.05) is 30.3 Å². The summed E-state index contributed by atoms with van der Waals surface area (Å²) in [6.07, 6.45) is 0. The molecule has 0 spiro atoms. The predicted molar refractivity (Wildman–Crippen MR) is 50.0 cm³/mol. The summed E-state index contributed by atoms with van der Waals surface area (Å²) in [5.74, 6) is 0. The molecule has 0 aliphatic rings. The monoisotopic (exact) mass is 208 g/mol. The van der Waals surface area contributed by atoms with Gasteiger partial charge in [-0.05, 0) is 0 Å². The van der Waals surface area contributed by atoms with Crippen molar-refractivity contribution in [3.63, 3.8) is 0 Å². The minimum Gasteiger partial charge on any atom is -0.699 e. The second-order valence-electron chi connectivity index (χ2n) is 1.37. The molecule has 1 rings (SSSR count). The van der Waals surface area contributed by atoms with Gasteiger partial charge in [0, 0.05) is 0 Å². The van der Waals surface area contributed by atoms with E-state index >= 15 is 0 Å². The van der Waals surface area contributed by atoms with Crippen molar-refractivity contribution in [1.82, 2.24) is 0 Å². The minimum absolute atomic E-state index is 0. The number of nitrogens with zero attached hydrogens (tertiary/aromatic N) is 1. The van der Waals surface area contributed by atoms with Crippen molar-refractivity contribution in [2.75, 3.05) is 0 Å². The average Bonchev–Trinajstić information content (AvgIpc) is 1.94. The smallest absolute Gasteiger partial charge is 0.699 e. The van der Waals surface area contributed by atoms with Crippen molar-refractivity contribution >= 4 is 5.69 Å². The van der Waals surface area contributed by atoms with Crippen molar-refractivity contribution < 1.29 is 17.1 Å². The number of hydrogen-bond acceptors (Lipinski definition) is 1. The van der Waals surface area contributed by atoms with E-state index in [9.17, 15) is 0 Å². The van der Waals surface area contributed by atoms with Crippen LogP contribution in [0, 0.1) is 19.8 Å². The zero-order chi connectivity index (χ0) is 7.11. The molecule has 0 unspecified atom stereocenters. The summed E-state index contributed by atoms with van der Waals surface area (Å²) in [6, 6.07) is 9.10. The number of nitroso groups, excluding NO2 is 1. The van der Waals surface area contributed by atoms with Gasteiger partial charge in [-0.25, -0.2) is 0 Å². The van der Waals surface area contributed by atoms with Gasteiger partial charge in [0.2, 0.25) is 0 Å². The number of hydrogen-bond donors (Lipinski definition) is 0. The molecule has 0 amide bonds. The fourth-order valence-corrected chi connectivity index (χ4v) is 0.438. The molecule has 1 aromatic rings. The Morgan fingerprint density at radius 2 is 1.33 bits per heavy atom. The first kappa shape index (κ1) is 22.5. The van der Waals surface area contributed by atoms with Crippen LogP contribution in [-0.4, -0.2) is 0 Å². The van der Waals surface area contributed by atoms with Gasteiger partial charge < -0.3 is 31.1 Å². The third-order valence-corrected chi connectivity index (χ3v) is 0.774. The second kappa shape index (κ2) is 16.6. The topological polar surface area (TPSA) is 63.2 Å². The van der Waals surface area contributed by atoms with E-state index in [1.165, 1.54) is 0 Å². The third kappa shape index (κ3) is 11.9. The molecule has 68 valence electrons. The molecule has 0 bridgehead atoms. The molecule has 0 radical (unpaired) electrons. The Morgan fingerprint density at radius 3 is 1.50 bits per heavy atom. The number of nitrogens with one attached hydrogen (secondary N) is 1. The van der Waals surface area contributed by atoms with E-state index < -0.39 is 0 Å². The molecule has 3 nitrogen and oxygen atoms in total. The van der Waals surface area contributed by atoms with Crippen LogP contribution >= 0.6 is 0 Å². The van der Waals surface area contributed by atoms with E-state index in [2.05, 4.69) is 0 Å². The van der Waals surface area contributed by atoms with Crippen molar-refractivity contribution in [1.29, 1.82) is 0 Å². The first-order valence-electron chi connectivity index (χ1n) is 2.34. The maximum atomic E-state index is 7.25. The Labute approximate surface area is 84.6 Å². The van der Waals surface area contributed by atoms with E-state index in [0.717, 1.165) is 0 Å². The van der Waals surface area contributed by atoms with E-state index in [-0.39, 0.29) is 31.9 Å². The van der Waals surface area contributed by atoms with E-state index in [0.29, 0.717) is 5.69 Å². The van der Waals surface area contributed by atoms with Crippen LogP contribution in [0.1, 0.15) is 0 Å². The summed E-state index contributed by atoms with van der Waals surface area (Å²) in [7, 11) is 0. The Balaban J connectivity index is -0.0000000600. The first-order chi connectivity index (χ1) is 4.39. The second-order valence-corrected chi connectivity index (χ2v) is 1.37. The van der Waals surface area contributed by atoms with Crippen LogP contribution in [0.15, 0.2) is 30.3 Å². The molecular weight excluding hydrogens is 196 g/mol. The van der Waals surface area contributed by atoms with Crippen LogP contribution in [0.5, 0.6) is 0 Å². The molecule has 0 aliphatic carbocycles. The first-order valence-corrected chi connectivity index (χ1v) is 2.34. The minimum atomic E-state index is 0. The summed E-state index contributed by atoms with van der Waals surface area (Å²) < 4.78 is 0. The molecule has 0 atom stereocenters. The molecule has 0 aromatic heterocycles. The van der Waals surface area contributed by atoms with Crippen molar-refractivity contribution in [3.8, 4) is 0 Å². The van der Waals surface area contributed by atoms with Crippen LogP contribution in [0.4, 0.5) is 5.69 Å². The van der Waals surface area contributed by atoms with Crippen LogP contribution < -0.4 is 0 Å². The van der Waals surface area contributed by atoms with Crippen LogP contribution in [0.2, 0.25) is 0 Å². The van der Waals surface area contributed by atoms with Gasteiger partial charge in [0.1, 0.15) is 0 Å². The normalized spacial score (nSPS) is 5.33. The SMILES string of the molecule is [CH3-].[CH3-].[Fe+4].[N-]=O.[NH-]c1ccccc1. The van der Waals surface area contributed by atoms with Crippen molar-refractivity contribution in [3.05, 3.63) is 61.4 Å². The van der Waals surface area contributed by atoms with Crippen LogP contribution in [-0.2, 0) is 17.1 Å². The Hall–Kier alpha value is -0.861. The molecule has 0 heterocycles. The standard InChI is InChI=1S/C6H6N.2CH3.Fe.NO/c7-6-4-2-1-3-5-6;;;;1-2/h1-5,7H;2*1H3;;/q3*-1;+4;-1. The molecule has 0 saturated heterocycles. The molecular formula is C8H12FeN2O. The maximum absolute atomic E-state index is 7.25. The quantitative estimate of drug-likeness (QED) is 0.474. The number of rotatable bonds is 0. The van der Waals surface area contributed by atoms with Gasteiger partial charge in [0.15, 0.2) is 0 Å². The Kier molecular flexibility index (Phi) is 31.1. The largest absolute Gasteiger partial charge is 4.00 e. The fourth-order valence-electron chi connectivity index (χ4n) is 0.438. The third-order valence-electron chi connectivity index (χ3n) is 0.774. The van der Waals surface area contributed by atoms with Gasteiger partial charge in [0.25, 0.3) is 0 Å². The molecule has 0 saturated carbocycles. The van der Waals surface area contributed by atoms with Gasteiger partial charge in [-0.2, -0.15) is 0 Å². The van der Waals surface area contributed by atoms with E-state index in [4.69, 9.17) is 16.2 Å². The summed E-state index contributed by atoms with van der Waals surface area (Å²) in [6.45, 7) is 0. The van der Waals surface area contributed by atoms with E-state index in [1.54, 1.807) is 12.1 Å². The zero-order valence-corrected chi connectivity index (χ0v) is 8.20. The zero-order valence-electron chi connectivity index (χ0n) is 7.10. The van der Waals surface area contributed by atoms with Crippen LogP contribution in [0.25, 0.3) is 11.3 Å². The predicted octanol–water partition coefficient (Wildman–Crippen LogP) is 3.59. The Morgan fingerprint density at radius 1 is 1.00 bits per heavy atom. The molecule has 1 N–H and O–H groups in total.